The Balaban J connectivity index is 1.16. The third kappa shape index (κ3) is 4.85. The number of pyridine rings is 2. The summed E-state index contributed by atoms with van der Waals surface area (Å²) in [4.78, 5) is 9.56. The number of rotatable bonds is 5. The second-order valence-electron chi connectivity index (χ2n) is 12.3. The van der Waals surface area contributed by atoms with Crippen molar-refractivity contribution < 1.29 is 0 Å². The number of fused-ring (bicyclic) bond motifs is 3. The van der Waals surface area contributed by atoms with E-state index in [9.17, 15) is 0 Å². The first kappa shape index (κ1) is 27.0. The maximum Gasteiger partial charge on any atom is 0.0715 e. The Morgan fingerprint density at radius 2 is 0.933 bits per heavy atom. The van der Waals surface area contributed by atoms with Crippen molar-refractivity contribution in [2.45, 2.75) is 19.3 Å². The van der Waals surface area contributed by atoms with Crippen LogP contribution in [-0.4, -0.2) is 9.97 Å². The number of aromatic nitrogens is 2. The lowest BCUT2D eigenvalue weighted by molar-refractivity contribution is 0.660. The maximum absolute atomic E-state index is 5.17. The largest absolute Gasteiger partial charge is 0.264 e. The summed E-state index contributed by atoms with van der Waals surface area (Å²) in [7, 11) is 0. The zero-order valence-electron chi connectivity index (χ0n) is 25.4. The lowest BCUT2D eigenvalue weighted by Crippen LogP contribution is -2.14. The zero-order chi connectivity index (χ0) is 30.4. The highest BCUT2D eigenvalue weighted by molar-refractivity contribution is 5.85. The molecule has 0 atom stereocenters. The minimum absolute atomic E-state index is 0.0127. The summed E-state index contributed by atoms with van der Waals surface area (Å²) < 4.78 is 0. The summed E-state index contributed by atoms with van der Waals surface area (Å²) in [6.45, 7) is 4.65. The molecular weight excluding hydrogens is 544 g/mol. The van der Waals surface area contributed by atoms with Gasteiger partial charge in [0.1, 0.15) is 0 Å². The van der Waals surface area contributed by atoms with Gasteiger partial charge in [-0.15, -0.1) is 0 Å². The molecule has 1 aliphatic rings. The predicted molar refractivity (Wildman–Crippen MR) is 187 cm³/mol. The SMILES string of the molecule is CC1(C)c2ccccc2-c2cc(-c3ccc(-c4cc(-c5cccnc5)cc(-c5ccc(-c6ccccc6)cc5)n4)cc3)ccc21. The van der Waals surface area contributed by atoms with Gasteiger partial charge < -0.3 is 0 Å². The van der Waals surface area contributed by atoms with Crippen LogP contribution in [0.1, 0.15) is 25.0 Å². The molecule has 0 unspecified atom stereocenters. The van der Waals surface area contributed by atoms with Crippen LogP contribution in [0.3, 0.4) is 0 Å². The fourth-order valence-electron chi connectivity index (χ4n) is 6.72. The van der Waals surface area contributed by atoms with E-state index in [1.54, 1.807) is 0 Å². The second kappa shape index (κ2) is 10.8. The molecule has 0 radical (unpaired) electrons. The molecule has 0 aliphatic heterocycles. The highest BCUT2D eigenvalue weighted by atomic mass is 14.7. The number of hydrogen-bond donors (Lipinski definition) is 0. The van der Waals surface area contributed by atoms with Crippen LogP contribution in [0.15, 0.2) is 158 Å². The van der Waals surface area contributed by atoms with Crippen LogP contribution in [0, 0.1) is 0 Å². The van der Waals surface area contributed by atoms with Gasteiger partial charge in [0, 0.05) is 34.5 Å². The van der Waals surface area contributed by atoms with E-state index in [1.165, 1.54) is 44.5 Å². The summed E-state index contributed by atoms with van der Waals surface area (Å²) in [6.07, 6.45) is 3.73. The van der Waals surface area contributed by atoms with E-state index in [0.29, 0.717) is 0 Å². The lowest BCUT2D eigenvalue weighted by atomic mass is 9.82. The third-order valence-corrected chi connectivity index (χ3v) is 9.21. The normalized spacial score (nSPS) is 12.8. The van der Waals surface area contributed by atoms with Crippen LogP contribution in [0.4, 0.5) is 0 Å². The van der Waals surface area contributed by atoms with Crippen LogP contribution in [-0.2, 0) is 5.41 Å². The first-order valence-electron chi connectivity index (χ1n) is 15.5. The van der Waals surface area contributed by atoms with Gasteiger partial charge in [0.2, 0.25) is 0 Å². The fourth-order valence-corrected chi connectivity index (χ4v) is 6.72. The van der Waals surface area contributed by atoms with Crippen LogP contribution in [0.25, 0.3) is 67.0 Å². The van der Waals surface area contributed by atoms with Crippen molar-refractivity contribution in [3.05, 3.63) is 169 Å². The highest BCUT2D eigenvalue weighted by Gasteiger charge is 2.35. The van der Waals surface area contributed by atoms with E-state index in [4.69, 9.17) is 4.98 Å². The topological polar surface area (TPSA) is 25.8 Å². The first-order valence-corrected chi connectivity index (χ1v) is 15.5. The second-order valence-corrected chi connectivity index (χ2v) is 12.3. The molecule has 214 valence electrons. The minimum atomic E-state index is 0.0127. The molecule has 0 amide bonds. The molecule has 0 spiro atoms. The van der Waals surface area contributed by atoms with Crippen molar-refractivity contribution in [2.75, 3.05) is 0 Å². The van der Waals surface area contributed by atoms with Crippen molar-refractivity contribution in [1.82, 2.24) is 9.97 Å². The Morgan fingerprint density at radius 3 is 1.60 bits per heavy atom. The van der Waals surface area contributed by atoms with Gasteiger partial charge in [-0.25, -0.2) is 4.98 Å². The average molecular weight is 577 g/mol. The third-order valence-electron chi connectivity index (χ3n) is 9.21. The summed E-state index contributed by atoms with van der Waals surface area (Å²) in [5.41, 5.74) is 16.5. The highest BCUT2D eigenvalue weighted by Crippen LogP contribution is 2.49. The molecule has 8 rings (SSSR count). The smallest absolute Gasteiger partial charge is 0.0715 e. The van der Waals surface area contributed by atoms with Crippen LogP contribution < -0.4 is 0 Å². The summed E-state index contributed by atoms with van der Waals surface area (Å²) in [6, 6.07) is 52.1. The minimum Gasteiger partial charge on any atom is -0.264 e. The van der Waals surface area contributed by atoms with E-state index in [0.717, 1.165) is 33.6 Å². The van der Waals surface area contributed by atoms with E-state index in [2.05, 4.69) is 152 Å². The van der Waals surface area contributed by atoms with E-state index in [-0.39, 0.29) is 5.41 Å². The van der Waals surface area contributed by atoms with Gasteiger partial charge in [0.05, 0.1) is 11.4 Å². The Morgan fingerprint density at radius 1 is 0.400 bits per heavy atom. The molecule has 5 aromatic carbocycles. The molecule has 45 heavy (non-hydrogen) atoms. The molecule has 1 aliphatic carbocycles. The van der Waals surface area contributed by atoms with Gasteiger partial charge in [-0.05, 0) is 74.3 Å². The van der Waals surface area contributed by atoms with Crippen molar-refractivity contribution in [2.24, 2.45) is 0 Å². The van der Waals surface area contributed by atoms with Crippen LogP contribution in [0.2, 0.25) is 0 Å². The van der Waals surface area contributed by atoms with Crippen molar-refractivity contribution in [3.8, 4) is 67.0 Å². The van der Waals surface area contributed by atoms with Crippen LogP contribution in [0.5, 0.6) is 0 Å². The number of nitrogens with zero attached hydrogens (tertiary/aromatic N) is 2. The summed E-state index contributed by atoms with van der Waals surface area (Å²) >= 11 is 0. The Kier molecular flexibility index (Phi) is 6.50. The zero-order valence-corrected chi connectivity index (χ0v) is 25.4. The van der Waals surface area contributed by atoms with E-state index < -0.39 is 0 Å². The molecule has 0 saturated carbocycles. The summed E-state index contributed by atoms with van der Waals surface area (Å²) in [5, 5.41) is 0. The molecule has 0 saturated heterocycles. The fraction of sp³-hybridized carbons (Fsp3) is 0.0698. The lowest BCUT2D eigenvalue weighted by Gasteiger charge is -2.21. The number of hydrogen-bond acceptors (Lipinski definition) is 2. The standard InChI is InChI=1S/C43H32N2/c1-43(2)39-13-7-6-12-37(39)38-25-34(22-23-40(38)43)31-16-20-33(21-17-31)42-27-36(35-11-8-24-44-28-35)26-41(45-42)32-18-14-30(15-19-32)29-9-4-3-5-10-29/h3-28H,1-2H3. The molecule has 7 aromatic rings. The number of benzene rings is 5. The predicted octanol–water partition coefficient (Wildman–Crippen LogP) is 11.1. The van der Waals surface area contributed by atoms with Crippen molar-refractivity contribution in [1.29, 1.82) is 0 Å². The van der Waals surface area contributed by atoms with Gasteiger partial charge in [-0.2, -0.15) is 0 Å². The van der Waals surface area contributed by atoms with E-state index >= 15 is 0 Å². The quantitative estimate of drug-likeness (QED) is 0.204. The van der Waals surface area contributed by atoms with Gasteiger partial charge in [-0.3, -0.25) is 4.98 Å². The van der Waals surface area contributed by atoms with Crippen molar-refractivity contribution >= 4 is 0 Å². The average Bonchev–Trinajstić information content (AvgIpc) is 3.34. The van der Waals surface area contributed by atoms with Gasteiger partial charge in [0.25, 0.3) is 0 Å². The molecule has 0 bridgehead atoms. The van der Waals surface area contributed by atoms with Crippen molar-refractivity contribution in [3.63, 3.8) is 0 Å². The summed E-state index contributed by atoms with van der Waals surface area (Å²) in [5.74, 6) is 0. The molecule has 0 fully saturated rings. The Labute approximate surface area is 264 Å². The first-order chi connectivity index (χ1) is 22.0. The molecule has 2 aromatic heterocycles. The van der Waals surface area contributed by atoms with Crippen LogP contribution >= 0.6 is 0 Å². The van der Waals surface area contributed by atoms with Gasteiger partial charge in [-0.1, -0.05) is 135 Å². The molecule has 2 heterocycles. The molecule has 2 heteroatoms. The molecule has 0 N–H and O–H groups in total. The van der Waals surface area contributed by atoms with E-state index in [1.807, 2.05) is 24.5 Å². The maximum atomic E-state index is 5.17. The Hall–Kier alpha value is -5.60. The Bertz CT molecular complexity index is 2140. The molecule has 2 nitrogen and oxygen atoms in total. The monoisotopic (exact) mass is 576 g/mol. The molecular formula is C43H32N2. The van der Waals surface area contributed by atoms with Gasteiger partial charge >= 0.3 is 0 Å². The van der Waals surface area contributed by atoms with Gasteiger partial charge in [0.15, 0.2) is 0 Å².